The Bertz CT molecular complexity index is 1010. The van der Waals surface area contributed by atoms with Crippen molar-refractivity contribution in [3.63, 3.8) is 0 Å². The number of benzene rings is 2. The van der Waals surface area contributed by atoms with E-state index in [1.807, 2.05) is 18.2 Å². The van der Waals surface area contributed by atoms with Gasteiger partial charge in [0.15, 0.2) is 5.13 Å². The van der Waals surface area contributed by atoms with Crippen LogP contribution in [0.25, 0.3) is 10.2 Å². The smallest absolute Gasteiger partial charge is 0.264 e. The molecule has 0 amide bonds. The van der Waals surface area contributed by atoms with Gasteiger partial charge in [0, 0.05) is 4.47 Å². The van der Waals surface area contributed by atoms with Crippen molar-refractivity contribution in [2.75, 3.05) is 11.8 Å². The zero-order chi connectivity index (χ0) is 17.5. The molecule has 1 heterocycles. The zero-order valence-electron chi connectivity index (χ0n) is 13.3. The van der Waals surface area contributed by atoms with Gasteiger partial charge in [0.1, 0.15) is 5.75 Å². The lowest BCUT2D eigenvalue weighted by Crippen LogP contribution is -2.15. The molecule has 2 aromatic carbocycles. The van der Waals surface area contributed by atoms with Gasteiger partial charge in [-0.3, -0.25) is 4.72 Å². The predicted molar refractivity (Wildman–Crippen MR) is 101 cm³/mol. The summed E-state index contributed by atoms with van der Waals surface area (Å²) < 4.78 is 35.1. The highest BCUT2D eigenvalue weighted by atomic mass is 79.9. The maximum Gasteiger partial charge on any atom is 0.264 e. The second kappa shape index (κ2) is 6.34. The van der Waals surface area contributed by atoms with Crippen LogP contribution in [-0.4, -0.2) is 20.5 Å². The summed E-state index contributed by atoms with van der Waals surface area (Å²) in [6.45, 7) is 3.50. The van der Waals surface area contributed by atoms with Gasteiger partial charge < -0.3 is 4.74 Å². The van der Waals surface area contributed by atoms with Gasteiger partial charge in [-0.05, 0) is 65.2 Å². The maximum atomic E-state index is 12.8. The summed E-state index contributed by atoms with van der Waals surface area (Å²) in [6, 6.07) is 9.07. The van der Waals surface area contributed by atoms with Crippen LogP contribution in [0, 0.1) is 13.8 Å². The van der Waals surface area contributed by atoms with Crippen molar-refractivity contribution in [2.24, 2.45) is 0 Å². The molecule has 0 bridgehead atoms. The first-order valence-electron chi connectivity index (χ1n) is 7.05. The Balaban J connectivity index is 2.03. The zero-order valence-corrected chi connectivity index (χ0v) is 16.5. The summed E-state index contributed by atoms with van der Waals surface area (Å²) in [4.78, 5) is 4.62. The molecule has 3 aromatic rings. The van der Waals surface area contributed by atoms with Crippen LogP contribution in [0.5, 0.6) is 5.75 Å². The third kappa shape index (κ3) is 3.13. The van der Waals surface area contributed by atoms with E-state index in [-0.39, 0.29) is 4.90 Å². The van der Waals surface area contributed by atoms with Crippen molar-refractivity contribution in [3.8, 4) is 5.75 Å². The number of nitrogens with zero attached hydrogens (tertiary/aromatic N) is 1. The quantitative estimate of drug-likeness (QED) is 0.667. The molecule has 0 aliphatic heterocycles. The summed E-state index contributed by atoms with van der Waals surface area (Å²) in [5.74, 6) is 0.632. The van der Waals surface area contributed by atoms with Crippen molar-refractivity contribution in [3.05, 3.63) is 45.9 Å². The fourth-order valence-corrected chi connectivity index (χ4v) is 5.75. The minimum Gasteiger partial charge on any atom is -0.497 e. The Morgan fingerprint density at radius 3 is 2.46 bits per heavy atom. The van der Waals surface area contributed by atoms with Crippen molar-refractivity contribution < 1.29 is 13.2 Å². The number of para-hydroxylation sites is 1. The number of fused-ring (bicyclic) bond motifs is 1. The number of methoxy groups -OCH3 is 1. The number of hydrogen-bond acceptors (Lipinski definition) is 5. The van der Waals surface area contributed by atoms with Gasteiger partial charge in [0.2, 0.25) is 0 Å². The number of sulfonamides is 1. The number of ether oxygens (including phenoxy) is 1. The second-order valence-corrected chi connectivity index (χ2v) is 8.81. The van der Waals surface area contributed by atoms with Gasteiger partial charge in [-0.2, -0.15) is 0 Å². The van der Waals surface area contributed by atoms with E-state index in [4.69, 9.17) is 4.74 Å². The van der Waals surface area contributed by atoms with Crippen molar-refractivity contribution in [1.29, 1.82) is 0 Å². The molecule has 126 valence electrons. The average Bonchev–Trinajstić information content (AvgIpc) is 2.89. The average molecular weight is 427 g/mol. The summed E-state index contributed by atoms with van der Waals surface area (Å²) in [5, 5.41) is 0.339. The molecule has 1 N–H and O–H groups in total. The van der Waals surface area contributed by atoms with Gasteiger partial charge >= 0.3 is 0 Å². The fraction of sp³-hybridized carbons (Fsp3) is 0.188. The molecule has 3 rings (SSSR count). The summed E-state index contributed by atoms with van der Waals surface area (Å²) in [5.41, 5.74) is 1.99. The lowest BCUT2D eigenvalue weighted by atomic mass is 10.1. The topological polar surface area (TPSA) is 68.3 Å². The Kier molecular flexibility index (Phi) is 4.54. The molecule has 1 aromatic heterocycles. The molecule has 0 saturated heterocycles. The number of hydrogen-bond donors (Lipinski definition) is 1. The normalized spacial score (nSPS) is 11.7. The van der Waals surface area contributed by atoms with Crippen molar-refractivity contribution in [1.82, 2.24) is 4.98 Å². The summed E-state index contributed by atoms with van der Waals surface area (Å²) >= 11 is 4.72. The Labute approximate surface area is 152 Å². The minimum absolute atomic E-state index is 0.252. The first-order valence-corrected chi connectivity index (χ1v) is 10.1. The molecule has 0 unspecified atom stereocenters. The molecular weight excluding hydrogens is 412 g/mol. The largest absolute Gasteiger partial charge is 0.497 e. The molecule has 8 heteroatoms. The van der Waals surface area contributed by atoms with E-state index in [1.165, 1.54) is 11.3 Å². The fourth-order valence-electron chi connectivity index (χ4n) is 2.58. The maximum absolute atomic E-state index is 12.8. The van der Waals surface area contributed by atoms with E-state index in [0.717, 1.165) is 14.7 Å². The highest BCUT2D eigenvalue weighted by molar-refractivity contribution is 9.10. The lowest BCUT2D eigenvalue weighted by molar-refractivity contribution is 0.413. The summed E-state index contributed by atoms with van der Waals surface area (Å²) in [6.07, 6.45) is 0. The highest BCUT2D eigenvalue weighted by Crippen LogP contribution is 2.33. The molecule has 0 spiro atoms. The van der Waals surface area contributed by atoms with Crippen LogP contribution in [0.1, 0.15) is 11.1 Å². The van der Waals surface area contributed by atoms with Gasteiger partial charge in [0.05, 0.1) is 22.2 Å². The molecule has 5 nitrogen and oxygen atoms in total. The number of aromatic nitrogens is 1. The molecule has 0 aliphatic carbocycles. The number of halogens is 1. The predicted octanol–water partition coefficient (Wildman–Crippen LogP) is 4.49. The molecule has 24 heavy (non-hydrogen) atoms. The third-order valence-electron chi connectivity index (χ3n) is 3.53. The van der Waals surface area contributed by atoms with Gasteiger partial charge in [0.25, 0.3) is 10.0 Å². The third-order valence-corrected chi connectivity index (χ3v) is 6.88. The van der Waals surface area contributed by atoms with Gasteiger partial charge in [-0.25, -0.2) is 13.4 Å². The first kappa shape index (κ1) is 17.2. The number of anilines is 1. The van der Waals surface area contributed by atoms with Crippen LogP contribution in [0.2, 0.25) is 0 Å². The molecule has 0 atom stereocenters. The SMILES string of the molecule is COc1cc(C)c(S(=O)(=O)Nc2nc3c(Br)cccc3s2)c(C)c1. The van der Waals surface area contributed by atoms with E-state index in [0.29, 0.717) is 22.0 Å². The van der Waals surface area contributed by atoms with Crippen LogP contribution in [0.15, 0.2) is 39.7 Å². The van der Waals surface area contributed by atoms with Crippen LogP contribution in [0.4, 0.5) is 5.13 Å². The monoisotopic (exact) mass is 426 g/mol. The molecule has 0 radical (unpaired) electrons. The number of rotatable bonds is 4. The van der Waals surface area contributed by atoms with Crippen molar-refractivity contribution >= 4 is 52.6 Å². The van der Waals surface area contributed by atoms with E-state index >= 15 is 0 Å². The molecule has 0 fully saturated rings. The van der Waals surface area contributed by atoms with E-state index in [9.17, 15) is 8.42 Å². The number of thiazole rings is 1. The summed E-state index contributed by atoms with van der Waals surface area (Å²) in [7, 11) is -2.18. The van der Waals surface area contributed by atoms with Crippen LogP contribution < -0.4 is 9.46 Å². The van der Waals surface area contributed by atoms with Crippen LogP contribution in [0.3, 0.4) is 0 Å². The molecule has 0 aliphatic rings. The Morgan fingerprint density at radius 1 is 1.21 bits per heavy atom. The number of nitrogens with one attached hydrogen (secondary N) is 1. The molecular formula is C16H15BrN2O3S2. The second-order valence-electron chi connectivity index (χ2n) is 5.30. The van der Waals surface area contributed by atoms with Gasteiger partial charge in [-0.1, -0.05) is 17.4 Å². The lowest BCUT2D eigenvalue weighted by Gasteiger charge is -2.13. The standard InChI is InChI=1S/C16H15BrN2O3S2/c1-9-7-11(22-3)8-10(2)15(9)24(20,21)19-16-18-14-12(17)5-4-6-13(14)23-16/h4-8H,1-3H3,(H,18,19). The first-order chi connectivity index (χ1) is 11.3. The van der Waals surface area contributed by atoms with Gasteiger partial charge in [-0.15, -0.1) is 0 Å². The van der Waals surface area contributed by atoms with E-state index in [1.54, 1.807) is 33.1 Å². The molecule has 0 saturated carbocycles. The Morgan fingerprint density at radius 2 is 1.88 bits per heavy atom. The number of aryl methyl sites for hydroxylation is 2. The van der Waals surface area contributed by atoms with Crippen molar-refractivity contribution in [2.45, 2.75) is 18.7 Å². The van der Waals surface area contributed by atoms with Crippen LogP contribution >= 0.6 is 27.3 Å². The highest BCUT2D eigenvalue weighted by Gasteiger charge is 2.22. The van der Waals surface area contributed by atoms with E-state index < -0.39 is 10.0 Å². The van der Waals surface area contributed by atoms with Crippen LogP contribution in [-0.2, 0) is 10.0 Å². The minimum atomic E-state index is -3.73. The Hall–Kier alpha value is -1.64. The van der Waals surface area contributed by atoms with E-state index in [2.05, 4.69) is 25.6 Å².